The van der Waals surface area contributed by atoms with Crippen molar-refractivity contribution >= 4 is 5.91 Å². The first kappa shape index (κ1) is 17.7. The largest absolute Gasteiger partial charge is 0.484 e. The zero-order chi connectivity index (χ0) is 18.5. The molecule has 1 unspecified atom stereocenters. The molecule has 3 aromatic rings. The fourth-order valence-electron chi connectivity index (χ4n) is 2.73. The third-order valence-electron chi connectivity index (χ3n) is 4.14. The van der Waals surface area contributed by atoms with Crippen LogP contribution in [-0.4, -0.2) is 27.3 Å². The molecule has 2 aromatic carbocycles. The Bertz CT molecular complexity index is 873. The summed E-state index contributed by atoms with van der Waals surface area (Å²) in [5.41, 5.74) is 4.12. The molecule has 1 N–H and O–H groups in total. The molecule has 0 saturated carbocycles. The summed E-state index contributed by atoms with van der Waals surface area (Å²) >= 11 is 0. The Kier molecular flexibility index (Phi) is 5.31. The van der Waals surface area contributed by atoms with E-state index in [4.69, 9.17) is 4.74 Å². The first-order valence-corrected chi connectivity index (χ1v) is 8.47. The normalized spacial score (nSPS) is 11.8. The third kappa shape index (κ3) is 4.27. The van der Waals surface area contributed by atoms with Gasteiger partial charge >= 0.3 is 0 Å². The molecule has 6 heteroatoms. The summed E-state index contributed by atoms with van der Waals surface area (Å²) in [6.07, 6.45) is 3.14. The molecule has 0 aliphatic heterocycles. The summed E-state index contributed by atoms with van der Waals surface area (Å²) in [7, 11) is 0. The summed E-state index contributed by atoms with van der Waals surface area (Å²) in [5.74, 6) is 0.577. The van der Waals surface area contributed by atoms with Crippen LogP contribution < -0.4 is 10.1 Å². The van der Waals surface area contributed by atoms with Crippen LogP contribution in [0.4, 0.5) is 0 Å². The second kappa shape index (κ2) is 7.82. The highest BCUT2D eigenvalue weighted by Gasteiger charge is 2.11. The van der Waals surface area contributed by atoms with E-state index in [-0.39, 0.29) is 18.6 Å². The van der Waals surface area contributed by atoms with E-state index in [0.717, 1.165) is 22.6 Å². The Balaban J connectivity index is 1.55. The standard InChI is InChI=1S/C20H22N4O2/c1-14-4-9-19(15(2)10-14)26-11-20(25)23-16(3)17-5-7-18(8-6-17)24-13-21-12-22-24/h4-10,12-13,16H,11H2,1-3H3,(H,23,25). The Morgan fingerprint density at radius 3 is 2.62 bits per heavy atom. The second-order valence-corrected chi connectivity index (χ2v) is 6.28. The van der Waals surface area contributed by atoms with Crippen LogP contribution in [0.25, 0.3) is 5.69 Å². The van der Waals surface area contributed by atoms with Gasteiger partial charge in [0.05, 0.1) is 11.7 Å². The van der Waals surface area contributed by atoms with Gasteiger partial charge in [-0.1, -0.05) is 29.8 Å². The summed E-state index contributed by atoms with van der Waals surface area (Å²) in [4.78, 5) is 16.1. The van der Waals surface area contributed by atoms with Gasteiger partial charge in [0, 0.05) is 0 Å². The fraction of sp³-hybridized carbons (Fsp3) is 0.250. The van der Waals surface area contributed by atoms with Crippen molar-refractivity contribution in [2.45, 2.75) is 26.8 Å². The van der Waals surface area contributed by atoms with E-state index in [2.05, 4.69) is 15.4 Å². The molecule has 6 nitrogen and oxygen atoms in total. The van der Waals surface area contributed by atoms with E-state index < -0.39 is 0 Å². The van der Waals surface area contributed by atoms with E-state index in [1.165, 1.54) is 11.9 Å². The lowest BCUT2D eigenvalue weighted by atomic mass is 10.1. The lowest BCUT2D eigenvalue weighted by Crippen LogP contribution is -2.31. The number of aromatic nitrogens is 3. The molecule has 0 fully saturated rings. The van der Waals surface area contributed by atoms with Crippen molar-refractivity contribution in [3.63, 3.8) is 0 Å². The smallest absolute Gasteiger partial charge is 0.258 e. The van der Waals surface area contributed by atoms with Gasteiger partial charge in [0.15, 0.2) is 6.61 Å². The predicted molar refractivity (Wildman–Crippen MR) is 99.3 cm³/mol. The van der Waals surface area contributed by atoms with Gasteiger partial charge in [0.1, 0.15) is 18.4 Å². The van der Waals surface area contributed by atoms with E-state index in [0.29, 0.717) is 0 Å². The second-order valence-electron chi connectivity index (χ2n) is 6.28. The van der Waals surface area contributed by atoms with Crippen molar-refractivity contribution in [2.75, 3.05) is 6.61 Å². The summed E-state index contributed by atoms with van der Waals surface area (Å²) in [5, 5.41) is 7.05. The molecule has 1 aromatic heterocycles. The number of benzene rings is 2. The summed E-state index contributed by atoms with van der Waals surface area (Å²) < 4.78 is 7.31. The molecule has 3 rings (SSSR count). The first-order chi connectivity index (χ1) is 12.5. The zero-order valence-corrected chi connectivity index (χ0v) is 15.1. The van der Waals surface area contributed by atoms with Crippen LogP contribution in [-0.2, 0) is 4.79 Å². The molecule has 0 aliphatic rings. The van der Waals surface area contributed by atoms with Gasteiger partial charge in [-0.3, -0.25) is 4.79 Å². The number of nitrogens with one attached hydrogen (secondary N) is 1. The van der Waals surface area contributed by atoms with E-state index in [9.17, 15) is 4.79 Å². The Morgan fingerprint density at radius 1 is 1.19 bits per heavy atom. The Hall–Kier alpha value is -3.15. The molecule has 1 atom stereocenters. The van der Waals surface area contributed by atoms with Gasteiger partial charge in [-0.15, -0.1) is 0 Å². The average Bonchev–Trinajstić information content (AvgIpc) is 3.16. The number of hydrogen-bond acceptors (Lipinski definition) is 4. The molecule has 0 aliphatic carbocycles. The van der Waals surface area contributed by atoms with Crippen molar-refractivity contribution in [1.29, 1.82) is 0 Å². The number of carbonyl (C=O) groups excluding carboxylic acids is 1. The number of hydrogen-bond donors (Lipinski definition) is 1. The molecule has 0 bridgehead atoms. The molecular weight excluding hydrogens is 328 g/mol. The van der Waals surface area contributed by atoms with Gasteiger partial charge in [0.2, 0.25) is 0 Å². The quantitative estimate of drug-likeness (QED) is 0.741. The summed E-state index contributed by atoms with van der Waals surface area (Å²) in [6, 6.07) is 13.6. The number of rotatable bonds is 6. The van der Waals surface area contributed by atoms with Crippen molar-refractivity contribution in [2.24, 2.45) is 0 Å². The third-order valence-corrected chi connectivity index (χ3v) is 4.14. The number of aryl methyl sites for hydroxylation is 2. The molecule has 0 radical (unpaired) electrons. The van der Waals surface area contributed by atoms with E-state index in [1.54, 1.807) is 11.0 Å². The van der Waals surface area contributed by atoms with Gasteiger partial charge < -0.3 is 10.1 Å². The van der Waals surface area contributed by atoms with Gasteiger partial charge in [-0.25, -0.2) is 9.67 Å². The van der Waals surface area contributed by atoms with Crippen LogP contribution >= 0.6 is 0 Å². The molecule has 1 heterocycles. The topological polar surface area (TPSA) is 69.0 Å². The maximum Gasteiger partial charge on any atom is 0.258 e. The van der Waals surface area contributed by atoms with E-state index in [1.807, 2.05) is 63.2 Å². The van der Waals surface area contributed by atoms with Crippen molar-refractivity contribution in [1.82, 2.24) is 20.1 Å². The van der Waals surface area contributed by atoms with Crippen molar-refractivity contribution < 1.29 is 9.53 Å². The minimum Gasteiger partial charge on any atom is -0.484 e. The molecule has 26 heavy (non-hydrogen) atoms. The molecular formula is C20H22N4O2. The monoisotopic (exact) mass is 350 g/mol. The molecule has 1 amide bonds. The molecule has 0 spiro atoms. The molecule has 134 valence electrons. The number of ether oxygens (including phenoxy) is 1. The number of carbonyl (C=O) groups is 1. The highest BCUT2D eigenvalue weighted by atomic mass is 16.5. The fourth-order valence-corrected chi connectivity index (χ4v) is 2.73. The van der Waals surface area contributed by atoms with Gasteiger partial charge in [-0.2, -0.15) is 5.10 Å². The minimum absolute atomic E-state index is 0.00865. The van der Waals surface area contributed by atoms with Crippen LogP contribution in [0.2, 0.25) is 0 Å². The zero-order valence-electron chi connectivity index (χ0n) is 15.1. The van der Waals surface area contributed by atoms with E-state index >= 15 is 0 Å². The van der Waals surface area contributed by atoms with Crippen LogP contribution in [0.3, 0.4) is 0 Å². The van der Waals surface area contributed by atoms with Crippen molar-refractivity contribution in [3.8, 4) is 11.4 Å². The van der Waals surface area contributed by atoms with Crippen molar-refractivity contribution in [3.05, 3.63) is 71.8 Å². The SMILES string of the molecule is Cc1ccc(OCC(=O)NC(C)c2ccc(-n3cncn3)cc2)c(C)c1. The number of nitrogens with zero attached hydrogens (tertiary/aromatic N) is 3. The lowest BCUT2D eigenvalue weighted by molar-refractivity contribution is -0.123. The highest BCUT2D eigenvalue weighted by Crippen LogP contribution is 2.19. The highest BCUT2D eigenvalue weighted by molar-refractivity contribution is 5.78. The van der Waals surface area contributed by atoms with Crippen LogP contribution in [0.5, 0.6) is 5.75 Å². The van der Waals surface area contributed by atoms with Crippen LogP contribution in [0.1, 0.15) is 29.7 Å². The average molecular weight is 350 g/mol. The predicted octanol–water partition coefficient (Wildman–Crippen LogP) is 3.14. The summed E-state index contributed by atoms with van der Waals surface area (Å²) in [6.45, 7) is 5.93. The van der Waals surface area contributed by atoms with Crippen LogP contribution in [0.15, 0.2) is 55.1 Å². The van der Waals surface area contributed by atoms with Crippen LogP contribution in [0, 0.1) is 13.8 Å². The Labute approximate surface area is 152 Å². The van der Waals surface area contributed by atoms with Gasteiger partial charge in [0.25, 0.3) is 5.91 Å². The van der Waals surface area contributed by atoms with Gasteiger partial charge in [-0.05, 0) is 50.1 Å². The maximum atomic E-state index is 12.2. The maximum absolute atomic E-state index is 12.2. The first-order valence-electron chi connectivity index (χ1n) is 8.47. The minimum atomic E-state index is -0.155. The number of amides is 1. The Morgan fingerprint density at radius 2 is 1.96 bits per heavy atom. The lowest BCUT2D eigenvalue weighted by Gasteiger charge is -2.16. The molecule has 0 saturated heterocycles.